The summed E-state index contributed by atoms with van der Waals surface area (Å²) in [5.74, 6) is -0.346. The molecule has 1 aliphatic rings. The van der Waals surface area contributed by atoms with Crippen LogP contribution in [0, 0.1) is 0 Å². The fraction of sp³-hybridized carbons (Fsp3) is 0.688. The van der Waals surface area contributed by atoms with Crippen molar-refractivity contribution < 1.29 is 9.59 Å². The predicted molar refractivity (Wildman–Crippen MR) is 98.5 cm³/mol. The average Bonchev–Trinajstić information content (AvgIpc) is 3.05. The Morgan fingerprint density at radius 1 is 1.33 bits per heavy atom. The van der Waals surface area contributed by atoms with Gasteiger partial charge in [0.05, 0.1) is 0 Å². The number of hydrogen-bond acceptors (Lipinski definition) is 5. The predicted octanol–water partition coefficient (Wildman–Crippen LogP) is 2.37. The van der Waals surface area contributed by atoms with Gasteiger partial charge in [-0.3, -0.25) is 9.59 Å². The molecule has 0 aromatic carbocycles. The Morgan fingerprint density at radius 2 is 2.04 bits per heavy atom. The third-order valence-corrected chi connectivity index (χ3v) is 5.14. The summed E-state index contributed by atoms with van der Waals surface area (Å²) in [6.45, 7) is 3.06. The molecule has 0 radical (unpaired) electrons. The first-order valence-electron chi connectivity index (χ1n) is 8.36. The highest BCUT2D eigenvalue weighted by molar-refractivity contribution is 7.09. The Kier molecular flexibility index (Phi) is 8.66. The molecule has 1 aliphatic carbocycles. The Labute approximate surface area is 153 Å². The molecular formula is C16H27ClN4O2S. The Morgan fingerprint density at radius 3 is 2.62 bits per heavy atom. The van der Waals surface area contributed by atoms with E-state index in [-0.39, 0.29) is 24.2 Å². The average molecular weight is 375 g/mol. The third kappa shape index (κ3) is 5.16. The second kappa shape index (κ2) is 9.96. The molecule has 24 heavy (non-hydrogen) atoms. The topological polar surface area (TPSA) is 97.1 Å². The van der Waals surface area contributed by atoms with E-state index in [0.29, 0.717) is 31.6 Å². The molecule has 0 spiro atoms. The lowest BCUT2D eigenvalue weighted by Gasteiger charge is -2.36. The van der Waals surface area contributed by atoms with E-state index in [0.717, 1.165) is 37.1 Å². The maximum absolute atomic E-state index is 12.7. The lowest BCUT2D eigenvalue weighted by molar-refractivity contribution is -0.128. The standard InChI is InChI=1S/C16H26N4O2S.ClH/c1-2-3-9-18-15(22)16(7-5-4-6-8-16)20-14(21)12-11-23-13(10-17)19-12;/h11H,2-10,17H2,1H3,(H,18,22)(H,20,21);1H. The van der Waals surface area contributed by atoms with Gasteiger partial charge in [0, 0.05) is 18.5 Å². The van der Waals surface area contributed by atoms with Gasteiger partial charge < -0.3 is 16.4 Å². The van der Waals surface area contributed by atoms with Crippen LogP contribution in [0.3, 0.4) is 0 Å². The fourth-order valence-electron chi connectivity index (χ4n) is 2.90. The molecule has 8 heteroatoms. The van der Waals surface area contributed by atoms with Gasteiger partial charge in [0.15, 0.2) is 0 Å². The molecule has 2 amide bonds. The van der Waals surface area contributed by atoms with Crippen molar-refractivity contribution in [3.8, 4) is 0 Å². The van der Waals surface area contributed by atoms with Gasteiger partial charge in [-0.1, -0.05) is 32.6 Å². The monoisotopic (exact) mass is 374 g/mol. The van der Waals surface area contributed by atoms with Crippen LogP contribution in [-0.4, -0.2) is 28.9 Å². The van der Waals surface area contributed by atoms with E-state index in [1.165, 1.54) is 11.3 Å². The highest BCUT2D eigenvalue weighted by Gasteiger charge is 2.41. The quantitative estimate of drug-likeness (QED) is 0.638. The zero-order valence-corrected chi connectivity index (χ0v) is 15.7. The van der Waals surface area contributed by atoms with Crippen LogP contribution in [0.2, 0.25) is 0 Å². The molecule has 136 valence electrons. The number of thiazole rings is 1. The molecule has 6 nitrogen and oxygen atoms in total. The smallest absolute Gasteiger partial charge is 0.271 e. The Bertz CT molecular complexity index is 544. The summed E-state index contributed by atoms with van der Waals surface area (Å²) >= 11 is 1.37. The molecule has 0 saturated heterocycles. The van der Waals surface area contributed by atoms with Crippen molar-refractivity contribution in [1.82, 2.24) is 15.6 Å². The highest BCUT2D eigenvalue weighted by Crippen LogP contribution is 2.29. The van der Waals surface area contributed by atoms with Crippen LogP contribution in [0.1, 0.15) is 67.4 Å². The van der Waals surface area contributed by atoms with Crippen molar-refractivity contribution in [2.24, 2.45) is 5.73 Å². The van der Waals surface area contributed by atoms with E-state index in [2.05, 4.69) is 22.5 Å². The van der Waals surface area contributed by atoms with Crippen molar-refractivity contribution in [2.75, 3.05) is 6.54 Å². The van der Waals surface area contributed by atoms with Crippen molar-refractivity contribution >= 4 is 35.6 Å². The number of nitrogens with one attached hydrogen (secondary N) is 2. The van der Waals surface area contributed by atoms with E-state index in [1.807, 2.05) is 0 Å². The number of rotatable bonds is 7. The van der Waals surface area contributed by atoms with Gasteiger partial charge in [0.25, 0.3) is 5.91 Å². The number of nitrogens with two attached hydrogens (primary N) is 1. The second-order valence-electron chi connectivity index (χ2n) is 6.04. The van der Waals surface area contributed by atoms with Gasteiger partial charge in [-0.05, 0) is 19.3 Å². The number of aromatic nitrogens is 1. The van der Waals surface area contributed by atoms with Crippen molar-refractivity contribution in [3.05, 3.63) is 16.1 Å². The van der Waals surface area contributed by atoms with E-state index >= 15 is 0 Å². The zero-order chi connectivity index (χ0) is 16.7. The normalized spacial score (nSPS) is 16.1. The van der Waals surface area contributed by atoms with Gasteiger partial charge in [-0.25, -0.2) is 4.98 Å². The summed E-state index contributed by atoms with van der Waals surface area (Å²) in [5.41, 5.74) is 5.09. The van der Waals surface area contributed by atoms with Gasteiger partial charge >= 0.3 is 0 Å². The van der Waals surface area contributed by atoms with E-state index in [1.54, 1.807) is 5.38 Å². The molecule has 1 aromatic rings. The molecule has 1 aromatic heterocycles. The van der Waals surface area contributed by atoms with Crippen LogP contribution in [-0.2, 0) is 11.3 Å². The van der Waals surface area contributed by atoms with E-state index in [4.69, 9.17) is 5.73 Å². The third-order valence-electron chi connectivity index (χ3n) is 4.27. The van der Waals surface area contributed by atoms with Gasteiger partial charge in [-0.15, -0.1) is 23.7 Å². The van der Waals surface area contributed by atoms with E-state index in [9.17, 15) is 9.59 Å². The number of carbonyl (C=O) groups is 2. The largest absolute Gasteiger partial charge is 0.354 e. The van der Waals surface area contributed by atoms with Crippen LogP contribution in [0.4, 0.5) is 0 Å². The number of amides is 2. The number of unbranched alkanes of at least 4 members (excludes halogenated alkanes) is 1. The van der Waals surface area contributed by atoms with Crippen LogP contribution >= 0.6 is 23.7 Å². The lowest BCUT2D eigenvalue weighted by atomic mass is 9.80. The first-order chi connectivity index (χ1) is 11.1. The minimum absolute atomic E-state index is 0. The summed E-state index contributed by atoms with van der Waals surface area (Å²) < 4.78 is 0. The molecule has 0 bridgehead atoms. The molecule has 2 rings (SSSR count). The first-order valence-corrected chi connectivity index (χ1v) is 9.24. The lowest BCUT2D eigenvalue weighted by Crippen LogP contribution is -2.59. The van der Waals surface area contributed by atoms with Gasteiger partial charge in [0.1, 0.15) is 16.2 Å². The number of nitrogens with zero attached hydrogens (tertiary/aromatic N) is 1. The van der Waals surface area contributed by atoms with Crippen LogP contribution < -0.4 is 16.4 Å². The summed E-state index contributed by atoms with van der Waals surface area (Å²) in [4.78, 5) is 29.4. The molecule has 1 heterocycles. The second-order valence-corrected chi connectivity index (χ2v) is 6.98. The van der Waals surface area contributed by atoms with E-state index < -0.39 is 5.54 Å². The molecular weight excluding hydrogens is 348 g/mol. The number of carbonyl (C=O) groups excluding carboxylic acids is 2. The molecule has 4 N–H and O–H groups in total. The SMILES string of the molecule is CCCCNC(=O)C1(NC(=O)c2csc(CN)n2)CCCCC1.Cl. The fourth-order valence-corrected chi connectivity index (χ4v) is 3.56. The first kappa shape index (κ1) is 20.9. The van der Waals surface area contributed by atoms with Crippen molar-refractivity contribution in [3.63, 3.8) is 0 Å². The van der Waals surface area contributed by atoms with Gasteiger partial charge in [-0.2, -0.15) is 0 Å². The molecule has 0 aliphatic heterocycles. The van der Waals surface area contributed by atoms with Crippen molar-refractivity contribution in [2.45, 2.75) is 64.0 Å². The number of halogens is 1. The number of hydrogen-bond donors (Lipinski definition) is 3. The van der Waals surface area contributed by atoms with Gasteiger partial charge in [0.2, 0.25) is 5.91 Å². The minimum Gasteiger partial charge on any atom is -0.354 e. The molecule has 0 unspecified atom stereocenters. The Balaban J connectivity index is 0.00000288. The maximum atomic E-state index is 12.7. The van der Waals surface area contributed by atoms with Crippen LogP contribution in [0.25, 0.3) is 0 Å². The van der Waals surface area contributed by atoms with Crippen molar-refractivity contribution in [1.29, 1.82) is 0 Å². The van der Waals surface area contributed by atoms with Crippen LogP contribution in [0.15, 0.2) is 5.38 Å². The summed E-state index contributed by atoms with van der Waals surface area (Å²) in [6.07, 6.45) is 6.35. The summed E-state index contributed by atoms with van der Waals surface area (Å²) in [5, 5.41) is 8.36. The Hall–Kier alpha value is -1.18. The molecule has 1 saturated carbocycles. The zero-order valence-electron chi connectivity index (χ0n) is 14.1. The summed E-state index contributed by atoms with van der Waals surface area (Å²) in [6, 6.07) is 0. The molecule has 1 fully saturated rings. The van der Waals surface area contributed by atoms with Crippen LogP contribution in [0.5, 0.6) is 0 Å². The summed E-state index contributed by atoms with van der Waals surface area (Å²) in [7, 11) is 0. The highest BCUT2D eigenvalue weighted by atomic mass is 35.5. The maximum Gasteiger partial charge on any atom is 0.271 e. The molecule has 0 atom stereocenters. The minimum atomic E-state index is -0.796.